The average Bonchev–Trinajstić information content (AvgIpc) is 3.16. The van der Waals surface area contributed by atoms with Gasteiger partial charge in [-0.2, -0.15) is 0 Å². The van der Waals surface area contributed by atoms with Crippen molar-refractivity contribution in [3.05, 3.63) is 54.6 Å². The van der Waals surface area contributed by atoms with Gasteiger partial charge in [-0.3, -0.25) is 4.79 Å². The van der Waals surface area contributed by atoms with E-state index < -0.39 is 0 Å². The predicted octanol–water partition coefficient (Wildman–Crippen LogP) is 3.31. The van der Waals surface area contributed by atoms with Crippen molar-refractivity contribution in [3.63, 3.8) is 0 Å². The molecule has 0 saturated heterocycles. The number of hydrogen-bond acceptors (Lipinski definition) is 5. The number of hydrogen-bond donors (Lipinski definition) is 1. The Morgan fingerprint density at radius 1 is 1.00 bits per heavy atom. The van der Waals surface area contributed by atoms with Gasteiger partial charge in [0, 0.05) is 17.7 Å². The summed E-state index contributed by atoms with van der Waals surface area (Å²) in [5, 5.41) is 10.9. The zero-order chi connectivity index (χ0) is 17.5. The first kappa shape index (κ1) is 16.7. The van der Waals surface area contributed by atoms with Crippen LogP contribution in [0.3, 0.4) is 0 Å². The predicted molar refractivity (Wildman–Crippen MR) is 94.0 cm³/mol. The molecule has 2 aromatic carbocycles. The molecule has 0 atom stereocenters. The molecule has 6 heteroatoms. The number of nitrogens with zero attached hydrogens (tertiary/aromatic N) is 2. The maximum absolute atomic E-state index is 11.5. The van der Waals surface area contributed by atoms with Crippen LogP contribution in [0.25, 0.3) is 22.9 Å². The van der Waals surface area contributed by atoms with E-state index >= 15 is 0 Å². The molecule has 128 valence electrons. The van der Waals surface area contributed by atoms with E-state index in [1.165, 1.54) is 0 Å². The number of benzene rings is 2. The molecular weight excluding hydrogens is 318 g/mol. The minimum absolute atomic E-state index is 0.00193. The summed E-state index contributed by atoms with van der Waals surface area (Å²) >= 11 is 0. The summed E-state index contributed by atoms with van der Waals surface area (Å²) in [6.45, 7) is 2.65. The molecule has 0 aliphatic heterocycles. The molecule has 0 aliphatic carbocycles. The maximum atomic E-state index is 11.5. The first-order valence-corrected chi connectivity index (χ1v) is 8.15. The van der Waals surface area contributed by atoms with Crippen molar-refractivity contribution < 1.29 is 13.9 Å². The summed E-state index contributed by atoms with van der Waals surface area (Å²) < 4.78 is 11.2. The quantitative estimate of drug-likeness (QED) is 0.716. The molecule has 25 heavy (non-hydrogen) atoms. The van der Waals surface area contributed by atoms with E-state index in [4.69, 9.17) is 9.15 Å². The molecule has 3 aromatic rings. The summed E-state index contributed by atoms with van der Waals surface area (Å²) in [7, 11) is 0. The number of carbonyl (C=O) groups is 1. The lowest BCUT2D eigenvalue weighted by molar-refractivity contribution is -0.123. The van der Waals surface area contributed by atoms with Crippen molar-refractivity contribution in [1.82, 2.24) is 15.5 Å². The molecule has 1 amide bonds. The minimum atomic E-state index is -0.129. The number of ether oxygens (including phenoxy) is 1. The zero-order valence-corrected chi connectivity index (χ0v) is 13.9. The first-order valence-electron chi connectivity index (χ1n) is 8.15. The molecule has 1 aromatic heterocycles. The second-order valence-corrected chi connectivity index (χ2v) is 5.44. The summed E-state index contributed by atoms with van der Waals surface area (Å²) in [6, 6.07) is 16.8. The monoisotopic (exact) mass is 337 g/mol. The van der Waals surface area contributed by atoms with Crippen molar-refractivity contribution in [2.75, 3.05) is 13.2 Å². The van der Waals surface area contributed by atoms with Crippen LogP contribution in [-0.4, -0.2) is 29.3 Å². The second kappa shape index (κ2) is 8.10. The normalized spacial score (nSPS) is 10.4. The largest absolute Gasteiger partial charge is 0.484 e. The van der Waals surface area contributed by atoms with Gasteiger partial charge in [-0.05, 0) is 42.8 Å². The van der Waals surface area contributed by atoms with Gasteiger partial charge in [0.05, 0.1) is 0 Å². The molecule has 0 aliphatic rings. The van der Waals surface area contributed by atoms with Gasteiger partial charge in [-0.25, -0.2) is 0 Å². The Bertz CT molecular complexity index is 813. The Labute approximate surface area is 145 Å². The average molecular weight is 337 g/mol. The third-order valence-electron chi connectivity index (χ3n) is 3.49. The zero-order valence-electron chi connectivity index (χ0n) is 13.9. The van der Waals surface area contributed by atoms with E-state index in [1.54, 1.807) is 12.1 Å². The van der Waals surface area contributed by atoms with Gasteiger partial charge in [-0.1, -0.05) is 25.1 Å². The molecular formula is C19H19N3O3. The number of carbonyl (C=O) groups excluding carboxylic acids is 1. The minimum Gasteiger partial charge on any atom is -0.484 e. The Balaban J connectivity index is 1.63. The molecule has 6 nitrogen and oxygen atoms in total. The van der Waals surface area contributed by atoms with Crippen molar-refractivity contribution in [3.8, 4) is 28.7 Å². The fourth-order valence-corrected chi connectivity index (χ4v) is 2.20. The van der Waals surface area contributed by atoms with Crippen molar-refractivity contribution in [2.45, 2.75) is 13.3 Å². The Kier molecular flexibility index (Phi) is 5.41. The third-order valence-corrected chi connectivity index (χ3v) is 3.49. The van der Waals surface area contributed by atoms with Crippen molar-refractivity contribution in [1.29, 1.82) is 0 Å². The van der Waals surface area contributed by atoms with Gasteiger partial charge in [0.15, 0.2) is 6.61 Å². The van der Waals surface area contributed by atoms with Crippen LogP contribution in [0.4, 0.5) is 0 Å². The van der Waals surface area contributed by atoms with Gasteiger partial charge >= 0.3 is 0 Å². The molecule has 3 rings (SSSR count). The molecule has 0 fully saturated rings. The molecule has 0 spiro atoms. The molecule has 0 unspecified atom stereocenters. The third kappa shape index (κ3) is 4.44. The molecule has 0 radical (unpaired) electrons. The molecule has 0 saturated carbocycles. The summed E-state index contributed by atoms with van der Waals surface area (Å²) in [4.78, 5) is 11.5. The Morgan fingerprint density at radius 2 is 1.64 bits per heavy atom. The SMILES string of the molecule is CCCNC(=O)COc1ccc(-c2nnc(-c3ccccc3)o2)cc1. The summed E-state index contributed by atoms with van der Waals surface area (Å²) in [6.07, 6.45) is 0.898. The van der Waals surface area contributed by atoms with Gasteiger partial charge in [0.25, 0.3) is 5.91 Å². The van der Waals surface area contributed by atoms with Crippen LogP contribution in [-0.2, 0) is 4.79 Å². The van der Waals surface area contributed by atoms with Crippen LogP contribution >= 0.6 is 0 Å². The van der Waals surface area contributed by atoms with Gasteiger partial charge in [0.1, 0.15) is 5.75 Å². The van der Waals surface area contributed by atoms with E-state index in [-0.39, 0.29) is 12.5 Å². The lowest BCUT2D eigenvalue weighted by atomic mass is 10.2. The van der Waals surface area contributed by atoms with Crippen molar-refractivity contribution in [2.24, 2.45) is 0 Å². The number of nitrogens with one attached hydrogen (secondary N) is 1. The van der Waals surface area contributed by atoms with E-state index in [0.29, 0.717) is 24.1 Å². The first-order chi connectivity index (χ1) is 12.3. The highest BCUT2D eigenvalue weighted by Gasteiger charge is 2.10. The number of aromatic nitrogens is 2. The van der Waals surface area contributed by atoms with Crippen molar-refractivity contribution >= 4 is 5.91 Å². The smallest absolute Gasteiger partial charge is 0.257 e. The van der Waals surface area contributed by atoms with E-state index in [2.05, 4.69) is 15.5 Å². The standard InChI is InChI=1S/C19H19N3O3/c1-2-12-20-17(23)13-24-16-10-8-15(9-11-16)19-22-21-18(25-19)14-6-4-3-5-7-14/h3-11H,2,12-13H2,1H3,(H,20,23). The van der Waals surface area contributed by atoms with Crippen LogP contribution in [0.2, 0.25) is 0 Å². The topological polar surface area (TPSA) is 77.2 Å². The highest BCUT2D eigenvalue weighted by Crippen LogP contribution is 2.25. The lowest BCUT2D eigenvalue weighted by Crippen LogP contribution is -2.29. The fraction of sp³-hybridized carbons (Fsp3) is 0.211. The van der Waals surface area contributed by atoms with Gasteiger partial charge < -0.3 is 14.5 Å². The highest BCUT2D eigenvalue weighted by molar-refractivity contribution is 5.77. The summed E-state index contributed by atoms with van der Waals surface area (Å²) in [5.41, 5.74) is 1.66. The van der Waals surface area contributed by atoms with Crippen LogP contribution in [0, 0.1) is 0 Å². The molecule has 0 bridgehead atoms. The van der Waals surface area contributed by atoms with E-state index in [0.717, 1.165) is 17.5 Å². The van der Waals surface area contributed by atoms with E-state index in [9.17, 15) is 4.79 Å². The maximum Gasteiger partial charge on any atom is 0.257 e. The van der Waals surface area contributed by atoms with Crippen LogP contribution in [0.1, 0.15) is 13.3 Å². The second-order valence-electron chi connectivity index (χ2n) is 5.44. The molecule has 1 heterocycles. The van der Waals surface area contributed by atoms with Crippen LogP contribution in [0.5, 0.6) is 5.75 Å². The molecule has 1 N–H and O–H groups in total. The van der Waals surface area contributed by atoms with E-state index in [1.807, 2.05) is 49.4 Å². The van der Waals surface area contributed by atoms with Crippen LogP contribution in [0.15, 0.2) is 59.0 Å². The van der Waals surface area contributed by atoms with Crippen LogP contribution < -0.4 is 10.1 Å². The Hall–Kier alpha value is -3.15. The number of rotatable bonds is 7. The fourth-order valence-electron chi connectivity index (χ4n) is 2.20. The number of amides is 1. The summed E-state index contributed by atoms with van der Waals surface area (Å²) in [5.74, 6) is 1.39. The lowest BCUT2D eigenvalue weighted by Gasteiger charge is -2.06. The van der Waals surface area contributed by atoms with Gasteiger partial charge in [-0.15, -0.1) is 10.2 Å². The van der Waals surface area contributed by atoms with Gasteiger partial charge in [0.2, 0.25) is 11.8 Å². The Morgan fingerprint density at radius 3 is 2.28 bits per heavy atom. The highest BCUT2D eigenvalue weighted by atomic mass is 16.5.